The van der Waals surface area contributed by atoms with E-state index in [0.29, 0.717) is 12.6 Å². The number of carbonyl (C=O) groups excluding carboxylic acids is 1. The van der Waals surface area contributed by atoms with E-state index in [0.717, 1.165) is 32.7 Å². The number of rotatable bonds is 5. The Morgan fingerprint density at radius 1 is 1.14 bits per heavy atom. The number of hydrogen-bond donors (Lipinski definition) is 1. The standard InChI is InChI=1S/C17H27N3OS/c21-17(18-15-5-2-1-3-6-15)14-20-10-8-19(9-11-20)13-16-7-4-12-22-16/h4,7,12,15H,1-3,5-6,8-11,13-14H2,(H,18,21). The highest BCUT2D eigenvalue weighted by atomic mass is 32.1. The lowest BCUT2D eigenvalue weighted by Crippen LogP contribution is -2.50. The summed E-state index contributed by atoms with van der Waals surface area (Å²) in [5, 5.41) is 5.36. The second-order valence-corrected chi connectivity index (χ2v) is 7.57. The molecule has 3 rings (SSSR count). The van der Waals surface area contributed by atoms with Crippen LogP contribution in [-0.4, -0.2) is 54.5 Å². The van der Waals surface area contributed by atoms with E-state index in [1.54, 1.807) is 0 Å². The van der Waals surface area contributed by atoms with Crippen LogP contribution < -0.4 is 5.32 Å². The highest BCUT2D eigenvalue weighted by Crippen LogP contribution is 2.17. The monoisotopic (exact) mass is 321 g/mol. The molecule has 2 aliphatic rings. The quantitative estimate of drug-likeness (QED) is 0.904. The van der Waals surface area contributed by atoms with Crippen molar-refractivity contribution < 1.29 is 4.79 Å². The molecule has 1 amide bonds. The zero-order valence-corrected chi connectivity index (χ0v) is 14.1. The van der Waals surface area contributed by atoms with Crippen molar-refractivity contribution in [3.8, 4) is 0 Å². The molecule has 0 aromatic carbocycles. The van der Waals surface area contributed by atoms with Crippen molar-refractivity contribution in [1.29, 1.82) is 0 Å². The summed E-state index contributed by atoms with van der Waals surface area (Å²) in [5.74, 6) is 0.221. The van der Waals surface area contributed by atoms with Crippen LogP contribution in [-0.2, 0) is 11.3 Å². The van der Waals surface area contributed by atoms with Gasteiger partial charge in [-0.25, -0.2) is 0 Å². The third kappa shape index (κ3) is 4.80. The molecule has 1 aromatic rings. The van der Waals surface area contributed by atoms with Crippen molar-refractivity contribution in [2.75, 3.05) is 32.7 Å². The average molecular weight is 321 g/mol. The molecule has 0 unspecified atom stereocenters. The molecule has 0 spiro atoms. The van der Waals surface area contributed by atoms with Gasteiger partial charge in [-0.15, -0.1) is 11.3 Å². The predicted molar refractivity (Wildman–Crippen MR) is 91.1 cm³/mol. The number of thiophene rings is 1. The molecular weight excluding hydrogens is 294 g/mol. The molecule has 5 heteroatoms. The van der Waals surface area contributed by atoms with Crippen LogP contribution in [0.1, 0.15) is 37.0 Å². The predicted octanol–water partition coefficient (Wildman–Crippen LogP) is 2.31. The molecule has 1 aliphatic carbocycles. The zero-order chi connectivity index (χ0) is 15.2. The molecule has 1 aliphatic heterocycles. The first kappa shape index (κ1) is 16.0. The van der Waals surface area contributed by atoms with Gasteiger partial charge in [0.25, 0.3) is 0 Å². The van der Waals surface area contributed by atoms with Gasteiger partial charge in [-0.3, -0.25) is 14.6 Å². The minimum Gasteiger partial charge on any atom is -0.352 e. The van der Waals surface area contributed by atoms with Crippen LogP contribution >= 0.6 is 11.3 Å². The molecule has 1 N–H and O–H groups in total. The number of nitrogens with zero attached hydrogens (tertiary/aromatic N) is 2. The molecule has 0 radical (unpaired) electrons. The maximum Gasteiger partial charge on any atom is 0.234 e. The fourth-order valence-electron chi connectivity index (χ4n) is 3.45. The minimum absolute atomic E-state index is 0.221. The smallest absolute Gasteiger partial charge is 0.234 e. The summed E-state index contributed by atoms with van der Waals surface area (Å²) in [7, 11) is 0. The van der Waals surface area contributed by atoms with Gasteiger partial charge in [-0.05, 0) is 24.3 Å². The molecular formula is C17H27N3OS. The van der Waals surface area contributed by atoms with E-state index in [1.807, 2.05) is 11.3 Å². The van der Waals surface area contributed by atoms with E-state index in [4.69, 9.17) is 0 Å². The van der Waals surface area contributed by atoms with E-state index < -0.39 is 0 Å². The van der Waals surface area contributed by atoms with Gasteiger partial charge in [0, 0.05) is 43.6 Å². The second kappa shape index (κ2) is 8.09. The van der Waals surface area contributed by atoms with Gasteiger partial charge in [-0.1, -0.05) is 25.3 Å². The Hall–Kier alpha value is -0.910. The third-order valence-electron chi connectivity index (χ3n) is 4.76. The molecule has 1 aromatic heterocycles. The lowest BCUT2D eigenvalue weighted by Gasteiger charge is -2.34. The summed E-state index contributed by atoms with van der Waals surface area (Å²) in [4.78, 5) is 18.4. The van der Waals surface area contributed by atoms with Crippen LogP contribution in [0.5, 0.6) is 0 Å². The van der Waals surface area contributed by atoms with E-state index in [1.165, 1.54) is 37.0 Å². The summed E-state index contributed by atoms with van der Waals surface area (Å²) in [6, 6.07) is 4.75. The lowest BCUT2D eigenvalue weighted by atomic mass is 9.95. The van der Waals surface area contributed by atoms with Crippen LogP contribution in [0.25, 0.3) is 0 Å². The van der Waals surface area contributed by atoms with Gasteiger partial charge in [-0.2, -0.15) is 0 Å². The number of carbonyl (C=O) groups is 1. The second-order valence-electron chi connectivity index (χ2n) is 6.53. The number of hydrogen-bond acceptors (Lipinski definition) is 4. The SMILES string of the molecule is O=C(CN1CCN(Cc2cccs2)CC1)NC1CCCCC1. The van der Waals surface area contributed by atoms with Gasteiger partial charge in [0.2, 0.25) is 5.91 Å². The number of piperazine rings is 1. The van der Waals surface area contributed by atoms with Crippen molar-refractivity contribution in [3.63, 3.8) is 0 Å². The van der Waals surface area contributed by atoms with E-state index >= 15 is 0 Å². The van der Waals surface area contributed by atoms with Crippen LogP contribution in [0.4, 0.5) is 0 Å². The summed E-state index contributed by atoms with van der Waals surface area (Å²) < 4.78 is 0. The molecule has 122 valence electrons. The van der Waals surface area contributed by atoms with Gasteiger partial charge < -0.3 is 5.32 Å². The molecule has 4 nitrogen and oxygen atoms in total. The van der Waals surface area contributed by atoms with E-state index in [9.17, 15) is 4.79 Å². The van der Waals surface area contributed by atoms with Crippen molar-refractivity contribution in [3.05, 3.63) is 22.4 Å². The Kier molecular flexibility index (Phi) is 5.87. The maximum absolute atomic E-state index is 12.2. The maximum atomic E-state index is 12.2. The third-order valence-corrected chi connectivity index (χ3v) is 5.62. The molecule has 2 fully saturated rings. The minimum atomic E-state index is 0.221. The first-order valence-corrected chi connectivity index (χ1v) is 9.44. The fraction of sp³-hybridized carbons (Fsp3) is 0.706. The average Bonchev–Trinajstić information content (AvgIpc) is 3.03. The first-order chi connectivity index (χ1) is 10.8. The Morgan fingerprint density at radius 3 is 2.55 bits per heavy atom. The Balaban J connectivity index is 1.35. The van der Waals surface area contributed by atoms with E-state index in [2.05, 4.69) is 32.6 Å². The van der Waals surface area contributed by atoms with Crippen LogP contribution in [0, 0.1) is 0 Å². The highest BCUT2D eigenvalue weighted by Gasteiger charge is 2.21. The van der Waals surface area contributed by atoms with Crippen LogP contribution in [0.15, 0.2) is 17.5 Å². The largest absolute Gasteiger partial charge is 0.352 e. The lowest BCUT2D eigenvalue weighted by molar-refractivity contribution is -0.123. The van der Waals surface area contributed by atoms with Crippen molar-refractivity contribution in [2.24, 2.45) is 0 Å². The summed E-state index contributed by atoms with van der Waals surface area (Å²) >= 11 is 1.83. The first-order valence-electron chi connectivity index (χ1n) is 8.56. The van der Waals surface area contributed by atoms with Crippen molar-refractivity contribution in [1.82, 2.24) is 15.1 Å². The van der Waals surface area contributed by atoms with Gasteiger partial charge in [0.1, 0.15) is 0 Å². The van der Waals surface area contributed by atoms with Crippen LogP contribution in [0.2, 0.25) is 0 Å². The molecule has 22 heavy (non-hydrogen) atoms. The Morgan fingerprint density at radius 2 is 1.86 bits per heavy atom. The fourth-order valence-corrected chi connectivity index (χ4v) is 4.20. The molecule has 1 saturated carbocycles. The summed E-state index contributed by atoms with van der Waals surface area (Å²) in [6.45, 7) is 5.76. The number of amides is 1. The number of nitrogens with one attached hydrogen (secondary N) is 1. The zero-order valence-electron chi connectivity index (χ0n) is 13.3. The highest BCUT2D eigenvalue weighted by molar-refractivity contribution is 7.09. The van der Waals surface area contributed by atoms with Gasteiger partial charge in [0.15, 0.2) is 0 Å². The van der Waals surface area contributed by atoms with Gasteiger partial charge >= 0.3 is 0 Å². The van der Waals surface area contributed by atoms with Crippen LogP contribution in [0.3, 0.4) is 0 Å². The molecule has 0 bridgehead atoms. The van der Waals surface area contributed by atoms with E-state index in [-0.39, 0.29) is 5.91 Å². The normalized spacial score (nSPS) is 21.8. The topological polar surface area (TPSA) is 35.6 Å². The van der Waals surface area contributed by atoms with Crippen molar-refractivity contribution >= 4 is 17.2 Å². The molecule has 1 saturated heterocycles. The molecule has 0 atom stereocenters. The van der Waals surface area contributed by atoms with Gasteiger partial charge in [0.05, 0.1) is 6.54 Å². The summed E-state index contributed by atoms with van der Waals surface area (Å²) in [5.41, 5.74) is 0. The molecule has 2 heterocycles. The Labute approximate surface area is 137 Å². The Bertz CT molecular complexity index is 448. The van der Waals surface area contributed by atoms with Crippen molar-refractivity contribution in [2.45, 2.75) is 44.7 Å². The summed E-state index contributed by atoms with van der Waals surface area (Å²) in [6.07, 6.45) is 6.21.